The molecule has 29 nitrogen and oxygen atoms in total. The van der Waals surface area contributed by atoms with Crippen LogP contribution in [-0.2, 0) is 61.6 Å². The molecule has 7 fully saturated rings. The quantitative estimate of drug-likeness (QED) is 0.0725. The SMILES string of the molecule is OC[C@@H]1O[C@@H](O[C@@H]2[C@@H](O)[C@H](O[C@@H]3CO[C@@H](O[C@@H]4COC(O)[C@H](O)[C@H]4O)[C@H](O[C@@H]4O[C@@H](CO)[C@H](O)[C@H]4O)[C@H]3O[C@@H]3O[C@@H](CO)[C@H](O)[C@H]3O)OC[C@H]2O[C@@H]2OC[C@@H](O)[C@H](O)[C@H]2O)[C@H](O)[C@H]1O. The lowest BCUT2D eigenvalue weighted by Crippen LogP contribution is -2.65. The number of rotatable bonds is 15. The van der Waals surface area contributed by atoms with E-state index >= 15 is 0 Å². The Morgan fingerprint density at radius 3 is 1.20 bits per heavy atom. The summed E-state index contributed by atoms with van der Waals surface area (Å²) < 4.78 is 74.9. The van der Waals surface area contributed by atoms with Gasteiger partial charge in [-0.1, -0.05) is 0 Å². The lowest BCUT2D eigenvalue weighted by Gasteiger charge is -2.48. The van der Waals surface area contributed by atoms with Gasteiger partial charge in [-0.15, -0.1) is 0 Å². The number of aliphatic hydroxyl groups is 16. The summed E-state index contributed by atoms with van der Waals surface area (Å²) in [6.07, 6.45) is -47.8. The van der Waals surface area contributed by atoms with Crippen molar-refractivity contribution in [2.24, 2.45) is 0 Å². The molecular weight excluding hydrogens is 884 g/mol. The Balaban J connectivity index is 1.18. The third-order valence-electron chi connectivity index (χ3n) is 12.0. The zero-order valence-corrected chi connectivity index (χ0v) is 33.6. The molecule has 64 heavy (non-hydrogen) atoms. The van der Waals surface area contributed by atoms with E-state index in [-0.39, 0.29) is 0 Å². The summed E-state index contributed by atoms with van der Waals surface area (Å²) in [4.78, 5) is 0. The van der Waals surface area contributed by atoms with Crippen LogP contribution in [0.15, 0.2) is 0 Å². The lowest BCUT2D eigenvalue weighted by molar-refractivity contribution is -0.387. The van der Waals surface area contributed by atoms with Crippen LogP contribution in [0.2, 0.25) is 0 Å². The molecule has 0 aliphatic carbocycles. The Hall–Kier alpha value is -1.16. The molecule has 16 N–H and O–H groups in total. The summed E-state index contributed by atoms with van der Waals surface area (Å²) in [7, 11) is 0. The smallest absolute Gasteiger partial charge is 0.187 e. The maximum absolute atomic E-state index is 11.9. The van der Waals surface area contributed by atoms with Crippen LogP contribution in [0.1, 0.15) is 0 Å². The fourth-order valence-corrected chi connectivity index (χ4v) is 8.16. The molecule has 7 heterocycles. The van der Waals surface area contributed by atoms with E-state index in [4.69, 9.17) is 61.6 Å². The molecule has 372 valence electrons. The minimum Gasteiger partial charge on any atom is -0.394 e. The van der Waals surface area contributed by atoms with Gasteiger partial charge in [0.25, 0.3) is 0 Å². The van der Waals surface area contributed by atoms with Gasteiger partial charge in [-0.2, -0.15) is 0 Å². The van der Waals surface area contributed by atoms with E-state index in [0.717, 1.165) is 0 Å². The van der Waals surface area contributed by atoms with Gasteiger partial charge < -0.3 is 143 Å². The van der Waals surface area contributed by atoms with Crippen molar-refractivity contribution < 1.29 is 143 Å². The van der Waals surface area contributed by atoms with Crippen LogP contribution >= 0.6 is 0 Å². The molecule has 7 rings (SSSR count). The largest absolute Gasteiger partial charge is 0.394 e. The molecule has 1 unspecified atom stereocenters. The molecule has 0 radical (unpaired) electrons. The normalized spacial score (nSPS) is 53.8. The Kier molecular flexibility index (Phi) is 17.1. The molecule has 0 amide bonds. The van der Waals surface area contributed by atoms with Crippen molar-refractivity contribution in [3.05, 3.63) is 0 Å². The first-order chi connectivity index (χ1) is 30.5. The Bertz CT molecular complexity index is 1460. The molecule has 0 bridgehead atoms. The maximum Gasteiger partial charge on any atom is 0.187 e. The highest BCUT2D eigenvalue weighted by atomic mass is 16.8. The maximum atomic E-state index is 11.9. The predicted octanol–water partition coefficient (Wildman–Crippen LogP) is -11.8. The highest BCUT2D eigenvalue weighted by molar-refractivity contribution is 4.98. The summed E-state index contributed by atoms with van der Waals surface area (Å²) in [5.74, 6) is 0. The van der Waals surface area contributed by atoms with E-state index in [2.05, 4.69) is 0 Å². The summed E-state index contributed by atoms with van der Waals surface area (Å²) >= 11 is 0. The van der Waals surface area contributed by atoms with Crippen LogP contribution in [0.4, 0.5) is 0 Å². The van der Waals surface area contributed by atoms with Gasteiger partial charge in [0, 0.05) is 0 Å². The van der Waals surface area contributed by atoms with Gasteiger partial charge in [0.1, 0.15) is 128 Å². The van der Waals surface area contributed by atoms with Gasteiger partial charge in [-0.05, 0) is 0 Å². The predicted molar refractivity (Wildman–Crippen MR) is 190 cm³/mol. The summed E-state index contributed by atoms with van der Waals surface area (Å²) in [6.45, 7) is -4.63. The lowest BCUT2D eigenvalue weighted by atomic mass is 10.0. The molecule has 29 heteroatoms. The molecule has 0 aromatic carbocycles. The van der Waals surface area contributed by atoms with Crippen molar-refractivity contribution in [3.8, 4) is 0 Å². The van der Waals surface area contributed by atoms with Crippen LogP contribution in [0.3, 0.4) is 0 Å². The molecule has 0 saturated carbocycles. The van der Waals surface area contributed by atoms with Crippen molar-refractivity contribution in [1.82, 2.24) is 0 Å². The number of hydrogen-bond donors (Lipinski definition) is 16. The van der Waals surface area contributed by atoms with Gasteiger partial charge in [-0.25, -0.2) is 0 Å². The standard InChI is InChI=1S/C35H58O29/c36-1-9-16(41)22(47)32(56-9)62-26-13(60-30-21(46)15(40)8(39)4-53-30)6-54-31(25(26)50)61-14-7-55-35(59-12-5-52-29(51)20(45)19(12)44)28(64-34-24(49)18(43)11(3-38)58-34)27(14)63-33-23(48)17(42)10(2-37)57-33/h8-51H,1-7H2/t8-,9+,10+,11+,12-,13-,14-,15+,16+,17+,18+,19+,20-,21-,22-,23-,24-,25-,26+,27+,28-,29?,30+,31+,32+,33+,34+,35+/m1/s1. The number of ether oxygens (including phenoxy) is 13. The van der Waals surface area contributed by atoms with E-state index in [1.165, 1.54) is 0 Å². The third-order valence-corrected chi connectivity index (χ3v) is 12.0. The number of aliphatic hydroxyl groups excluding tert-OH is 16. The zero-order chi connectivity index (χ0) is 46.3. The van der Waals surface area contributed by atoms with Crippen LogP contribution in [0.5, 0.6) is 0 Å². The van der Waals surface area contributed by atoms with Crippen LogP contribution < -0.4 is 0 Å². The highest BCUT2D eigenvalue weighted by Crippen LogP contribution is 2.37. The third kappa shape index (κ3) is 10.4. The summed E-state index contributed by atoms with van der Waals surface area (Å²) in [5, 5.41) is 167. The van der Waals surface area contributed by atoms with E-state index in [1.807, 2.05) is 0 Å². The topological polar surface area (TPSA) is 444 Å². The van der Waals surface area contributed by atoms with Crippen molar-refractivity contribution >= 4 is 0 Å². The Labute approximate surface area is 361 Å². The minimum absolute atomic E-state index is 0.491. The Morgan fingerprint density at radius 2 is 0.703 bits per heavy atom. The summed E-state index contributed by atoms with van der Waals surface area (Å²) in [5.41, 5.74) is 0. The van der Waals surface area contributed by atoms with Crippen LogP contribution in [-0.4, -0.2) is 300 Å². The van der Waals surface area contributed by atoms with Gasteiger partial charge in [-0.3, -0.25) is 0 Å². The summed E-state index contributed by atoms with van der Waals surface area (Å²) in [6, 6.07) is 0. The van der Waals surface area contributed by atoms with Crippen molar-refractivity contribution in [1.29, 1.82) is 0 Å². The molecule has 7 aliphatic rings. The molecule has 0 aromatic rings. The van der Waals surface area contributed by atoms with E-state index in [0.29, 0.717) is 0 Å². The first-order valence-electron chi connectivity index (χ1n) is 20.5. The van der Waals surface area contributed by atoms with Gasteiger partial charge in [0.2, 0.25) is 0 Å². The molecule has 28 atom stereocenters. The van der Waals surface area contributed by atoms with E-state index in [9.17, 15) is 81.7 Å². The second-order valence-corrected chi connectivity index (χ2v) is 16.3. The van der Waals surface area contributed by atoms with E-state index in [1.54, 1.807) is 0 Å². The molecule has 0 aromatic heterocycles. The first-order valence-corrected chi connectivity index (χ1v) is 20.5. The average Bonchev–Trinajstić information content (AvgIpc) is 3.84. The van der Waals surface area contributed by atoms with Gasteiger partial charge >= 0.3 is 0 Å². The van der Waals surface area contributed by atoms with Crippen LogP contribution in [0, 0.1) is 0 Å². The molecular formula is C35H58O29. The average molecular weight is 943 g/mol. The van der Waals surface area contributed by atoms with E-state index < -0.39 is 218 Å². The number of hydrogen-bond acceptors (Lipinski definition) is 29. The molecule has 0 spiro atoms. The first kappa shape index (κ1) is 50.7. The molecule has 7 aliphatic heterocycles. The van der Waals surface area contributed by atoms with Crippen molar-refractivity contribution in [3.63, 3.8) is 0 Å². The zero-order valence-electron chi connectivity index (χ0n) is 33.6. The fourth-order valence-electron chi connectivity index (χ4n) is 8.16. The second-order valence-electron chi connectivity index (χ2n) is 16.3. The van der Waals surface area contributed by atoms with Crippen molar-refractivity contribution in [2.45, 2.75) is 172 Å². The van der Waals surface area contributed by atoms with Gasteiger partial charge in [0.05, 0.1) is 46.2 Å². The second kappa shape index (κ2) is 21.6. The van der Waals surface area contributed by atoms with Crippen molar-refractivity contribution in [2.75, 3.05) is 46.2 Å². The fraction of sp³-hybridized carbons (Fsp3) is 1.00. The monoisotopic (exact) mass is 942 g/mol. The van der Waals surface area contributed by atoms with Crippen LogP contribution in [0.25, 0.3) is 0 Å². The minimum atomic E-state index is -2.03. The van der Waals surface area contributed by atoms with Gasteiger partial charge in [0.15, 0.2) is 44.0 Å². The Morgan fingerprint density at radius 1 is 0.312 bits per heavy atom. The molecule has 7 saturated heterocycles. The highest BCUT2D eigenvalue weighted by Gasteiger charge is 2.57.